The number of benzene rings is 2. The van der Waals surface area contributed by atoms with E-state index in [2.05, 4.69) is 10.4 Å². The van der Waals surface area contributed by atoms with Crippen molar-refractivity contribution in [1.82, 2.24) is 9.78 Å². The van der Waals surface area contributed by atoms with E-state index in [9.17, 15) is 14.7 Å². The summed E-state index contributed by atoms with van der Waals surface area (Å²) in [6.45, 7) is 0.326. The van der Waals surface area contributed by atoms with Crippen LogP contribution in [-0.4, -0.2) is 26.8 Å². The molecule has 0 aliphatic heterocycles. The third-order valence-corrected chi connectivity index (χ3v) is 3.93. The van der Waals surface area contributed by atoms with Crippen molar-refractivity contribution in [3.63, 3.8) is 0 Å². The number of halogens is 1. The van der Waals surface area contributed by atoms with E-state index in [0.29, 0.717) is 6.54 Å². The molecule has 0 bridgehead atoms. The van der Waals surface area contributed by atoms with Gasteiger partial charge in [-0.05, 0) is 17.7 Å². The predicted octanol–water partition coefficient (Wildman–Crippen LogP) is 3.54. The maximum absolute atomic E-state index is 12.5. The average molecular weight is 356 g/mol. The van der Waals surface area contributed by atoms with Gasteiger partial charge in [-0.15, -0.1) is 0 Å². The van der Waals surface area contributed by atoms with E-state index in [1.165, 1.54) is 10.9 Å². The van der Waals surface area contributed by atoms with Crippen molar-refractivity contribution < 1.29 is 14.7 Å². The molecule has 6 nitrogen and oxygen atoms in total. The number of anilines is 1. The molecule has 0 saturated carbocycles. The molecule has 1 aromatic heterocycles. The van der Waals surface area contributed by atoms with Crippen LogP contribution in [0.3, 0.4) is 0 Å². The topological polar surface area (TPSA) is 84.2 Å². The Labute approximate surface area is 148 Å². The first kappa shape index (κ1) is 16.7. The Kier molecular flexibility index (Phi) is 4.81. The molecule has 0 atom stereocenters. The molecular weight excluding hydrogens is 342 g/mol. The van der Waals surface area contributed by atoms with Gasteiger partial charge in [-0.25, -0.2) is 9.48 Å². The van der Waals surface area contributed by atoms with E-state index in [1.54, 1.807) is 24.3 Å². The molecule has 0 radical (unpaired) electrons. The fourth-order valence-corrected chi connectivity index (χ4v) is 2.59. The van der Waals surface area contributed by atoms with Crippen LogP contribution >= 0.6 is 11.6 Å². The number of carboxylic acid groups (broad SMARTS) is 1. The summed E-state index contributed by atoms with van der Waals surface area (Å²) in [5.74, 6) is -1.56. The number of carbonyl (C=O) groups is 2. The standard InChI is InChI=1S/C18H14ClN3O3/c19-15-9-5-4-8-13(15)17(23)21-16-14(18(24)25)10-20-22(16)11-12-6-2-1-3-7-12/h1-10H,11H2,(H,21,23)(H,24,25). The molecular formula is C18H14ClN3O3. The van der Waals surface area contributed by atoms with Crippen molar-refractivity contribution in [1.29, 1.82) is 0 Å². The summed E-state index contributed by atoms with van der Waals surface area (Å²) in [4.78, 5) is 23.9. The van der Waals surface area contributed by atoms with Crippen LogP contribution in [0.2, 0.25) is 5.02 Å². The lowest BCUT2D eigenvalue weighted by Gasteiger charge is -2.11. The van der Waals surface area contributed by atoms with E-state index in [4.69, 9.17) is 11.6 Å². The highest BCUT2D eigenvalue weighted by Gasteiger charge is 2.20. The normalized spacial score (nSPS) is 10.4. The molecule has 0 unspecified atom stereocenters. The maximum atomic E-state index is 12.5. The average Bonchev–Trinajstić information content (AvgIpc) is 2.99. The van der Waals surface area contributed by atoms with Crippen LogP contribution in [-0.2, 0) is 6.54 Å². The minimum absolute atomic E-state index is 0.0867. The summed E-state index contributed by atoms with van der Waals surface area (Å²) in [6.07, 6.45) is 1.22. The Bertz CT molecular complexity index is 922. The van der Waals surface area contributed by atoms with Crippen LogP contribution < -0.4 is 5.32 Å². The van der Waals surface area contributed by atoms with Gasteiger partial charge in [-0.1, -0.05) is 54.1 Å². The fraction of sp³-hybridized carbons (Fsp3) is 0.0556. The molecule has 126 valence electrons. The third kappa shape index (κ3) is 3.70. The van der Waals surface area contributed by atoms with Gasteiger partial charge in [0, 0.05) is 0 Å². The van der Waals surface area contributed by atoms with Gasteiger partial charge in [-0.3, -0.25) is 4.79 Å². The van der Waals surface area contributed by atoms with Gasteiger partial charge in [0.15, 0.2) is 0 Å². The highest BCUT2D eigenvalue weighted by molar-refractivity contribution is 6.34. The van der Waals surface area contributed by atoms with Crippen LogP contribution in [0.5, 0.6) is 0 Å². The predicted molar refractivity (Wildman–Crippen MR) is 94.1 cm³/mol. The number of nitrogens with zero attached hydrogens (tertiary/aromatic N) is 2. The van der Waals surface area contributed by atoms with E-state index < -0.39 is 11.9 Å². The Morgan fingerprint density at radius 3 is 2.40 bits per heavy atom. The maximum Gasteiger partial charge on any atom is 0.341 e. The zero-order valence-corrected chi connectivity index (χ0v) is 13.8. The number of nitrogens with one attached hydrogen (secondary N) is 1. The summed E-state index contributed by atoms with van der Waals surface area (Å²) in [5.41, 5.74) is 1.10. The Morgan fingerprint density at radius 1 is 1.04 bits per heavy atom. The lowest BCUT2D eigenvalue weighted by Crippen LogP contribution is -2.18. The van der Waals surface area contributed by atoms with E-state index in [-0.39, 0.29) is 22.0 Å². The van der Waals surface area contributed by atoms with Crippen LogP contribution in [0.25, 0.3) is 0 Å². The molecule has 1 heterocycles. The second-order valence-corrected chi connectivity index (χ2v) is 5.70. The van der Waals surface area contributed by atoms with Crippen LogP contribution in [0.1, 0.15) is 26.3 Å². The first-order valence-electron chi connectivity index (χ1n) is 7.45. The number of aromatic carboxylic acids is 1. The lowest BCUT2D eigenvalue weighted by molar-refractivity contribution is 0.0698. The highest BCUT2D eigenvalue weighted by atomic mass is 35.5. The number of aromatic nitrogens is 2. The van der Waals surface area contributed by atoms with E-state index in [0.717, 1.165) is 5.56 Å². The number of carbonyl (C=O) groups excluding carboxylic acids is 1. The molecule has 0 spiro atoms. The number of hydrogen-bond acceptors (Lipinski definition) is 3. The quantitative estimate of drug-likeness (QED) is 0.733. The van der Waals surface area contributed by atoms with Crippen molar-refractivity contribution in [3.05, 3.63) is 82.5 Å². The minimum Gasteiger partial charge on any atom is -0.477 e. The van der Waals surface area contributed by atoms with Crippen molar-refractivity contribution in [2.45, 2.75) is 6.54 Å². The molecule has 3 aromatic rings. The first-order chi connectivity index (χ1) is 12.1. The fourth-order valence-electron chi connectivity index (χ4n) is 2.37. The van der Waals surface area contributed by atoms with E-state index >= 15 is 0 Å². The molecule has 0 fully saturated rings. The van der Waals surface area contributed by atoms with Gasteiger partial charge in [0.05, 0.1) is 23.3 Å². The Hall–Kier alpha value is -3.12. The van der Waals surface area contributed by atoms with E-state index in [1.807, 2.05) is 30.3 Å². The van der Waals surface area contributed by atoms with Gasteiger partial charge in [0.2, 0.25) is 0 Å². The van der Waals surface area contributed by atoms with Gasteiger partial charge >= 0.3 is 5.97 Å². The molecule has 0 aliphatic rings. The highest BCUT2D eigenvalue weighted by Crippen LogP contribution is 2.21. The second-order valence-electron chi connectivity index (χ2n) is 5.29. The second kappa shape index (κ2) is 7.19. The summed E-state index contributed by atoms with van der Waals surface area (Å²) >= 11 is 6.03. The zero-order chi connectivity index (χ0) is 17.8. The largest absolute Gasteiger partial charge is 0.477 e. The monoisotopic (exact) mass is 355 g/mol. The zero-order valence-electron chi connectivity index (χ0n) is 13.0. The summed E-state index contributed by atoms with van der Waals surface area (Å²) in [6, 6.07) is 16.0. The summed E-state index contributed by atoms with van der Waals surface area (Å²) in [5, 5.41) is 16.3. The third-order valence-electron chi connectivity index (χ3n) is 3.60. The molecule has 25 heavy (non-hydrogen) atoms. The van der Waals surface area contributed by atoms with Crippen LogP contribution in [0.15, 0.2) is 60.8 Å². The molecule has 2 N–H and O–H groups in total. The molecule has 3 rings (SSSR count). The molecule has 0 aliphatic carbocycles. The molecule has 2 aromatic carbocycles. The van der Waals surface area contributed by atoms with Crippen molar-refractivity contribution in [2.75, 3.05) is 5.32 Å². The van der Waals surface area contributed by atoms with Gasteiger partial charge in [0.25, 0.3) is 5.91 Å². The minimum atomic E-state index is -1.17. The SMILES string of the molecule is O=C(Nc1c(C(=O)O)cnn1Cc1ccccc1)c1ccccc1Cl. The number of rotatable bonds is 5. The summed E-state index contributed by atoms with van der Waals surface area (Å²) in [7, 11) is 0. The van der Waals surface area contributed by atoms with Gasteiger partial charge in [0.1, 0.15) is 11.4 Å². The van der Waals surface area contributed by atoms with Gasteiger partial charge < -0.3 is 10.4 Å². The summed E-state index contributed by atoms with van der Waals surface area (Å²) < 4.78 is 1.44. The van der Waals surface area contributed by atoms with Crippen LogP contribution in [0, 0.1) is 0 Å². The number of hydrogen-bond donors (Lipinski definition) is 2. The molecule has 7 heteroatoms. The van der Waals surface area contributed by atoms with Gasteiger partial charge in [-0.2, -0.15) is 5.10 Å². The number of carboxylic acids is 1. The van der Waals surface area contributed by atoms with Crippen molar-refractivity contribution >= 4 is 29.3 Å². The van der Waals surface area contributed by atoms with Crippen molar-refractivity contribution in [3.8, 4) is 0 Å². The number of amides is 1. The molecule has 0 saturated heterocycles. The molecule has 1 amide bonds. The Morgan fingerprint density at radius 2 is 1.72 bits per heavy atom. The van der Waals surface area contributed by atoms with Crippen LogP contribution in [0.4, 0.5) is 5.82 Å². The smallest absolute Gasteiger partial charge is 0.341 e. The van der Waals surface area contributed by atoms with Crippen molar-refractivity contribution in [2.24, 2.45) is 0 Å². The first-order valence-corrected chi connectivity index (χ1v) is 7.83. The Balaban J connectivity index is 1.93. The lowest BCUT2D eigenvalue weighted by atomic mass is 10.2.